The van der Waals surface area contributed by atoms with Crippen LogP contribution in [0.5, 0.6) is 0 Å². The second-order valence-electron chi connectivity index (χ2n) is 4.92. The standard InChI is InChI=1S/C13H25N3O2.C2H6/c1-6-10-16(11-9-15-8-7-14-5)12(17)18-13(2,3)4;1-2/h7-8,15H,5-6,9-11H2,1-4H3;1-2H3/b8-7-;. The smallest absolute Gasteiger partial charge is 0.410 e. The Morgan fingerprint density at radius 3 is 2.40 bits per heavy atom. The quantitative estimate of drug-likeness (QED) is 0.576. The second kappa shape index (κ2) is 12.5. The summed E-state index contributed by atoms with van der Waals surface area (Å²) >= 11 is 0. The molecule has 0 aliphatic heterocycles. The summed E-state index contributed by atoms with van der Waals surface area (Å²) in [6.07, 6.45) is 3.91. The number of ether oxygens (including phenoxy) is 1. The normalized spacial score (nSPS) is 10.5. The zero-order chi connectivity index (χ0) is 16.0. The summed E-state index contributed by atoms with van der Waals surface area (Å²) in [6, 6.07) is 0. The first-order valence-corrected chi connectivity index (χ1v) is 7.23. The zero-order valence-corrected chi connectivity index (χ0v) is 13.9. The Hall–Kier alpha value is -1.52. The van der Waals surface area contributed by atoms with Crippen LogP contribution < -0.4 is 5.32 Å². The molecule has 5 nitrogen and oxygen atoms in total. The summed E-state index contributed by atoms with van der Waals surface area (Å²) in [5, 5.41) is 3.03. The first-order valence-electron chi connectivity index (χ1n) is 7.23. The highest BCUT2D eigenvalue weighted by Crippen LogP contribution is 2.09. The summed E-state index contributed by atoms with van der Waals surface area (Å²) in [4.78, 5) is 17.2. The van der Waals surface area contributed by atoms with Gasteiger partial charge in [-0.1, -0.05) is 20.8 Å². The van der Waals surface area contributed by atoms with E-state index < -0.39 is 5.60 Å². The third-order valence-electron chi connectivity index (χ3n) is 1.97. The first kappa shape index (κ1) is 20.8. The van der Waals surface area contributed by atoms with Crippen molar-refractivity contribution in [3.63, 3.8) is 0 Å². The summed E-state index contributed by atoms with van der Waals surface area (Å²) in [5.41, 5.74) is -0.455. The third kappa shape index (κ3) is 12.9. The molecule has 20 heavy (non-hydrogen) atoms. The van der Waals surface area contributed by atoms with Crippen molar-refractivity contribution in [3.05, 3.63) is 12.4 Å². The predicted octanol–water partition coefficient (Wildman–Crippen LogP) is 3.42. The van der Waals surface area contributed by atoms with Crippen LogP contribution in [0.4, 0.5) is 4.79 Å². The minimum atomic E-state index is -0.455. The number of aliphatic imine (C=N–C) groups is 1. The maximum atomic E-state index is 11.9. The fraction of sp³-hybridized carbons (Fsp3) is 0.733. The van der Waals surface area contributed by atoms with Crippen molar-refractivity contribution < 1.29 is 9.53 Å². The Morgan fingerprint density at radius 2 is 1.95 bits per heavy atom. The van der Waals surface area contributed by atoms with Gasteiger partial charge in [0.05, 0.1) is 0 Å². The topological polar surface area (TPSA) is 53.9 Å². The minimum Gasteiger partial charge on any atom is -0.444 e. The maximum Gasteiger partial charge on any atom is 0.410 e. The van der Waals surface area contributed by atoms with Crippen molar-refractivity contribution in [2.45, 2.75) is 53.6 Å². The molecule has 0 spiro atoms. The molecule has 0 bridgehead atoms. The second-order valence-corrected chi connectivity index (χ2v) is 4.92. The molecule has 0 aromatic carbocycles. The van der Waals surface area contributed by atoms with E-state index in [0.717, 1.165) is 6.42 Å². The summed E-state index contributed by atoms with van der Waals surface area (Å²) in [5.74, 6) is 0. The Labute approximate surface area is 124 Å². The monoisotopic (exact) mass is 285 g/mol. The Bertz CT molecular complexity index is 283. The zero-order valence-electron chi connectivity index (χ0n) is 13.9. The van der Waals surface area contributed by atoms with Gasteiger partial charge in [-0.3, -0.25) is 4.99 Å². The van der Waals surface area contributed by atoms with Crippen molar-refractivity contribution in [1.82, 2.24) is 10.2 Å². The average Bonchev–Trinajstić information content (AvgIpc) is 2.37. The molecule has 0 atom stereocenters. The lowest BCUT2D eigenvalue weighted by Crippen LogP contribution is -2.40. The molecule has 0 saturated carbocycles. The van der Waals surface area contributed by atoms with Crippen molar-refractivity contribution in [2.75, 3.05) is 19.6 Å². The number of rotatable bonds is 7. The van der Waals surface area contributed by atoms with E-state index in [1.807, 2.05) is 41.5 Å². The molecule has 1 amide bonds. The lowest BCUT2D eigenvalue weighted by molar-refractivity contribution is 0.0253. The van der Waals surface area contributed by atoms with Gasteiger partial charge in [-0.2, -0.15) is 0 Å². The number of carbonyl (C=O) groups excluding carboxylic acids is 1. The molecule has 118 valence electrons. The Kier molecular flexibility index (Phi) is 13.0. The molecule has 0 aromatic heterocycles. The van der Waals surface area contributed by atoms with Gasteiger partial charge in [-0.25, -0.2) is 4.79 Å². The number of nitrogens with zero attached hydrogens (tertiary/aromatic N) is 2. The van der Waals surface area contributed by atoms with E-state index in [1.54, 1.807) is 17.3 Å². The van der Waals surface area contributed by atoms with Gasteiger partial charge < -0.3 is 15.0 Å². The number of nitrogens with one attached hydrogen (secondary N) is 1. The van der Waals surface area contributed by atoms with Gasteiger partial charge in [-0.15, -0.1) is 0 Å². The van der Waals surface area contributed by atoms with Gasteiger partial charge in [0.25, 0.3) is 0 Å². The van der Waals surface area contributed by atoms with Gasteiger partial charge in [0.2, 0.25) is 0 Å². The molecule has 0 aliphatic carbocycles. The highest BCUT2D eigenvalue weighted by atomic mass is 16.6. The van der Waals surface area contributed by atoms with Gasteiger partial charge in [-0.05, 0) is 33.9 Å². The molecule has 0 radical (unpaired) electrons. The number of carbonyl (C=O) groups is 1. The van der Waals surface area contributed by atoms with Crippen LogP contribution >= 0.6 is 0 Å². The molecular weight excluding hydrogens is 254 g/mol. The fourth-order valence-electron chi connectivity index (χ4n) is 1.28. The average molecular weight is 285 g/mol. The SMILES string of the molecule is C=N/C=C\NCCN(CCC)C(=O)OC(C)(C)C.CC. The van der Waals surface area contributed by atoms with E-state index in [-0.39, 0.29) is 6.09 Å². The molecule has 0 fully saturated rings. The van der Waals surface area contributed by atoms with Crippen LogP contribution in [0.25, 0.3) is 0 Å². The minimum absolute atomic E-state index is 0.267. The first-order chi connectivity index (χ1) is 9.40. The van der Waals surface area contributed by atoms with E-state index in [2.05, 4.69) is 17.0 Å². The van der Waals surface area contributed by atoms with Crippen LogP contribution in [0.3, 0.4) is 0 Å². The maximum absolute atomic E-state index is 11.9. The van der Waals surface area contributed by atoms with Crippen molar-refractivity contribution in [1.29, 1.82) is 0 Å². The Balaban J connectivity index is 0. The molecule has 1 N–H and O–H groups in total. The van der Waals surface area contributed by atoms with E-state index in [9.17, 15) is 4.79 Å². The molecule has 0 aliphatic rings. The summed E-state index contributed by atoms with van der Waals surface area (Å²) in [6.45, 7) is 16.9. The van der Waals surface area contributed by atoms with Gasteiger partial charge >= 0.3 is 6.09 Å². The highest BCUT2D eigenvalue weighted by molar-refractivity contribution is 5.68. The van der Waals surface area contributed by atoms with Crippen LogP contribution in [0.15, 0.2) is 17.4 Å². The molecule has 0 saturated heterocycles. The van der Waals surface area contributed by atoms with Gasteiger partial charge in [0.1, 0.15) is 5.60 Å². The highest BCUT2D eigenvalue weighted by Gasteiger charge is 2.20. The van der Waals surface area contributed by atoms with Crippen LogP contribution in [0.2, 0.25) is 0 Å². The van der Waals surface area contributed by atoms with Gasteiger partial charge in [0.15, 0.2) is 0 Å². The van der Waals surface area contributed by atoms with E-state index in [0.29, 0.717) is 19.6 Å². The summed E-state index contributed by atoms with van der Waals surface area (Å²) < 4.78 is 5.34. The molecule has 5 heteroatoms. The fourth-order valence-corrected chi connectivity index (χ4v) is 1.28. The molecular formula is C15H31N3O2. The lowest BCUT2D eigenvalue weighted by Gasteiger charge is -2.27. The number of amides is 1. The van der Waals surface area contributed by atoms with Crippen LogP contribution in [0, 0.1) is 0 Å². The van der Waals surface area contributed by atoms with Gasteiger partial charge in [0, 0.05) is 32.0 Å². The molecule has 0 heterocycles. The predicted molar refractivity (Wildman–Crippen MR) is 86.1 cm³/mol. The van der Waals surface area contributed by atoms with Crippen LogP contribution in [-0.4, -0.2) is 42.9 Å². The summed E-state index contributed by atoms with van der Waals surface area (Å²) in [7, 11) is 0. The third-order valence-corrected chi connectivity index (χ3v) is 1.97. The van der Waals surface area contributed by atoms with Crippen molar-refractivity contribution in [3.8, 4) is 0 Å². The largest absolute Gasteiger partial charge is 0.444 e. The molecule has 0 unspecified atom stereocenters. The van der Waals surface area contributed by atoms with E-state index >= 15 is 0 Å². The lowest BCUT2D eigenvalue weighted by atomic mass is 10.2. The van der Waals surface area contributed by atoms with Crippen LogP contribution in [-0.2, 0) is 4.74 Å². The molecule has 0 rings (SSSR count). The van der Waals surface area contributed by atoms with E-state index in [1.165, 1.54) is 0 Å². The van der Waals surface area contributed by atoms with Crippen molar-refractivity contribution in [2.24, 2.45) is 4.99 Å². The van der Waals surface area contributed by atoms with Crippen LogP contribution in [0.1, 0.15) is 48.0 Å². The Morgan fingerprint density at radius 1 is 1.35 bits per heavy atom. The number of hydrogen-bond acceptors (Lipinski definition) is 4. The number of hydrogen-bond donors (Lipinski definition) is 1. The molecule has 0 aromatic rings. The van der Waals surface area contributed by atoms with Crippen molar-refractivity contribution >= 4 is 12.8 Å². The van der Waals surface area contributed by atoms with E-state index in [4.69, 9.17) is 4.74 Å².